The Hall–Kier alpha value is -2.37. The highest BCUT2D eigenvalue weighted by atomic mass is 16.5. The van der Waals surface area contributed by atoms with Gasteiger partial charge in [0.05, 0.1) is 24.3 Å². The number of carbonyl (C=O) groups is 3. The Kier molecular flexibility index (Phi) is 14.9. The highest BCUT2D eigenvalue weighted by Gasteiger charge is 2.17. The summed E-state index contributed by atoms with van der Waals surface area (Å²) >= 11 is 0. The molecule has 0 unspecified atom stereocenters. The van der Waals surface area contributed by atoms with E-state index in [1.54, 1.807) is 0 Å². The second-order valence-electron chi connectivity index (χ2n) is 8.19. The Balaban J connectivity index is 2.63. The van der Waals surface area contributed by atoms with Crippen molar-refractivity contribution in [3.05, 3.63) is 34.9 Å². The number of rotatable bonds is 17. The van der Waals surface area contributed by atoms with Crippen molar-refractivity contribution in [3.63, 3.8) is 0 Å². The van der Waals surface area contributed by atoms with E-state index in [0.717, 1.165) is 38.5 Å². The van der Waals surface area contributed by atoms with Gasteiger partial charge in [-0.2, -0.15) is 0 Å². The van der Waals surface area contributed by atoms with E-state index in [2.05, 4.69) is 19.2 Å². The van der Waals surface area contributed by atoms with Crippen molar-refractivity contribution in [1.82, 2.24) is 5.32 Å². The van der Waals surface area contributed by atoms with E-state index in [1.165, 1.54) is 63.8 Å². The average Bonchev–Trinajstić information content (AvgIpc) is 2.81. The van der Waals surface area contributed by atoms with Crippen LogP contribution in [0.4, 0.5) is 0 Å². The fraction of sp³-hybridized carbons (Fsp3) is 0.654. The number of carbonyl (C=O) groups excluding carboxylic acids is 3. The first kappa shape index (κ1) is 27.7. The number of esters is 2. The number of unbranched alkanes of at least 4 members (excludes halogenated alkanes) is 10. The third-order valence-corrected chi connectivity index (χ3v) is 5.36. The molecule has 1 aromatic carbocycles. The molecule has 1 amide bonds. The maximum absolute atomic E-state index is 12.5. The highest BCUT2D eigenvalue weighted by molar-refractivity contribution is 6.02. The van der Waals surface area contributed by atoms with E-state index in [9.17, 15) is 14.4 Å². The summed E-state index contributed by atoms with van der Waals surface area (Å²) in [7, 11) is 1.50. The average molecular weight is 448 g/mol. The van der Waals surface area contributed by atoms with E-state index >= 15 is 0 Å². The van der Waals surface area contributed by atoms with E-state index in [0.29, 0.717) is 13.2 Å². The van der Waals surface area contributed by atoms with Gasteiger partial charge in [0.25, 0.3) is 5.91 Å². The van der Waals surface area contributed by atoms with Gasteiger partial charge in [0.2, 0.25) is 0 Å². The minimum atomic E-state index is -0.533. The second-order valence-corrected chi connectivity index (χ2v) is 8.19. The first-order valence-electron chi connectivity index (χ1n) is 12.2. The molecular weight excluding hydrogens is 406 g/mol. The van der Waals surface area contributed by atoms with Gasteiger partial charge >= 0.3 is 11.9 Å². The molecule has 0 aromatic heterocycles. The Morgan fingerprint density at radius 3 is 1.41 bits per heavy atom. The van der Waals surface area contributed by atoms with Crippen molar-refractivity contribution in [2.75, 3.05) is 20.3 Å². The molecule has 0 atom stereocenters. The number of hydrogen-bond donors (Lipinski definition) is 1. The van der Waals surface area contributed by atoms with Crippen molar-refractivity contribution < 1.29 is 23.9 Å². The van der Waals surface area contributed by atoms with Crippen LogP contribution in [0.5, 0.6) is 0 Å². The zero-order valence-electron chi connectivity index (χ0n) is 20.2. The number of nitrogens with one attached hydrogen (secondary N) is 1. The van der Waals surface area contributed by atoms with Gasteiger partial charge < -0.3 is 14.8 Å². The molecule has 6 heteroatoms. The lowest BCUT2D eigenvalue weighted by Gasteiger charge is -2.10. The van der Waals surface area contributed by atoms with Crippen molar-refractivity contribution in [1.29, 1.82) is 0 Å². The molecule has 0 saturated carbocycles. The molecule has 0 aliphatic heterocycles. The third kappa shape index (κ3) is 11.3. The van der Waals surface area contributed by atoms with Gasteiger partial charge in [-0.1, -0.05) is 78.1 Å². The molecular formula is C26H41NO5. The van der Waals surface area contributed by atoms with Crippen LogP contribution < -0.4 is 5.32 Å². The standard InChI is InChI=1S/C26H41NO5/c1-4-6-8-10-12-14-16-31-25(29)22-18-21(24(28)27-3)19-23(20-22)26(30)32-17-15-13-11-9-7-5-2/h18-20H,4-17H2,1-3H3,(H,27,28). The van der Waals surface area contributed by atoms with E-state index in [4.69, 9.17) is 9.47 Å². The monoisotopic (exact) mass is 447 g/mol. The lowest BCUT2D eigenvalue weighted by molar-refractivity contribution is 0.0496. The van der Waals surface area contributed by atoms with Crippen molar-refractivity contribution in [3.8, 4) is 0 Å². The Bertz CT molecular complexity index is 653. The quantitative estimate of drug-likeness (QED) is 0.231. The molecule has 32 heavy (non-hydrogen) atoms. The van der Waals surface area contributed by atoms with Crippen LogP contribution in [0.1, 0.15) is 122 Å². The minimum absolute atomic E-state index is 0.184. The fourth-order valence-corrected chi connectivity index (χ4v) is 3.40. The first-order valence-corrected chi connectivity index (χ1v) is 12.2. The first-order chi connectivity index (χ1) is 15.5. The van der Waals surface area contributed by atoms with Gasteiger partial charge in [-0.15, -0.1) is 0 Å². The van der Waals surface area contributed by atoms with E-state index in [1.807, 2.05) is 0 Å². The number of ether oxygens (including phenoxy) is 2. The molecule has 0 saturated heterocycles. The van der Waals surface area contributed by atoms with Gasteiger partial charge in [0.1, 0.15) is 0 Å². The molecule has 0 spiro atoms. The minimum Gasteiger partial charge on any atom is -0.462 e. The summed E-state index contributed by atoms with van der Waals surface area (Å²) in [5, 5.41) is 2.52. The summed E-state index contributed by atoms with van der Waals surface area (Å²) < 4.78 is 10.7. The zero-order chi connectivity index (χ0) is 23.6. The summed E-state index contributed by atoms with van der Waals surface area (Å²) in [5.41, 5.74) is 0.597. The van der Waals surface area contributed by atoms with Crippen molar-refractivity contribution in [2.45, 2.75) is 90.9 Å². The lowest BCUT2D eigenvalue weighted by Crippen LogP contribution is -2.20. The molecule has 1 rings (SSSR count). The number of benzene rings is 1. The van der Waals surface area contributed by atoms with Gasteiger partial charge in [-0.3, -0.25) is 4.79 Å². The molecule has 0 heterocycles. The van der Waals surface area contributed by atoms with Crippen molar-refractivity contribution in [2.24, 2.45) is 0 Å². The van der Waals surface area contributed by atoms with E-state index < -0.39 is 11.9 Å². The predicted molar refractivity (Wildman–Crippen MR) is 127 cm³/mol. The van der Waals surface area contributed by atoms with Crippen LogP contribution in [-0.4, -0.2) is 38.1 Å². The molecule has 0 fully saturated rings. The molecule has 180 valence electrons. The van der Waals surface area contributed by atoms with Crippen LogP contribution in [0, 0.1) is 0 Å². The van der Waals surface area contributed by atoms with Crippen LogP contribution in [0.25, 0.3) is 0 Å². The van der Waals surface area contributed by atoms with Crippen LogP contribution in [0.15, 0.2) is 18.2 Å². The summed E-state index contributed by atoms with van der Waals surface area (Å²) in [5.74, 6) is -1.44. The Morgan fingerprint density at radius 1 is 0.625 bits per heavy atom. The molecule has 0 aliphatic carbocycles. The van der Waals surface area contributed by atoms with Gasteiger partial charge in [-0.05, 0) is 31.0 Å². The van der Waals surface area contributed by atoms with Crippen molar-refractivity contribution >= 4 is 17.8 Å². The van der Waals surface area contributed by atoms with Crippen LogP contribution >= 0.6 is 0 Å². The molecule has 0 bridgehead atoms. The highest BCUT2D eigenvalue weighted by Crippen LogP contribution is 2.15. The molecule has 6 nitrogen and oxygen atoms in total. The third-order valence-electron chi connectivity index (χ3n) is 5.36. The molecule has 0 radical (unpaired) electrons. The van der Waals surface area contributed by atoms with Crippen LogP contribution in [0.3, 0.4) is 0 Å². The maximum atomic E-state index is 12.5. The maximum Gasteiger partial charge on any atom is 0.338 e. The second kappa shape index (κ2) is 17.2. The molecule has 1 N–H and O–H groups in total. The zero-order valence-corrected chi connectivity index (χ0v) is 20.2. The number of amides is 1. The smallest absolute Gasteiger partial charge is 0.338 e. The normalized spacial score (nSPS) is 10.6. The Labute approximate surface area is 193 Å². The van der Waals surface area contributed by atoms with Crippen LogP contribution in [-0.2, 0) is 9.47 Å². The summed E-state index contributed by atoms with van der Waals surface area (Å²) in [4.78, 5) is 37.1. The summed E-state index contributed by atoms with van der Waals surface area (Å²) in [6.45, 7) is 5.00. The summed E-state index contributed by atoms with van der Waals surface area (Å²) in [6.07, 6.45) is 13.1. The topological polar surface area (TPSA) is 81.7 Å². The largest absolute Gasteiger partial charge is 0.462 e. The van der Waals surface area contributed by atoms with Gasteiger partial charge in [0, 0.05) is 12.6 Å². The van der Waals surface area contributed by atoms with Gasteiger partial charge in [-0.25, -0.2) is 9.59 Å². The predicted octanol–water partition coefficient (Wildman–Crippen LogP) is 6.08. The SMILES string of the molecule is CCCCCCCCOC(=O)c1cc(C(=O)NC)cc(C(=O)OCCCCCCCC)c1. The lowest BCUT2D eigenvalue weighted by atomic mass is 10.0. The fourth-order valence-electron chi connectivity index (χ4n) is 3.40. The van der Waals surface area contributed by atoms with Crippen LogP contribution in [0.2, 0.25) is 0 Å². The number of hydrogen-bond acceptors (Lipinski definition) is 5. The Morgan fingerprint density at radius 2 is 1.00 bits per heavy atom. The van der Waals surface area contributed by atoms with Gasteiger partial charge in [0.15, 0.2) is 0 Å². The summed E-state index contributed by atoms with van der Waals surface area (Å²) in [6, 6.07) is 4.35. The van der Waals surface area contributed by atoms with E-state index in [-0.39, 0.29) is 22.6 Å². The molecule has 1 aromatic rings. The molecule has 0 aliphatic rings.